The van der Waals surface area contributed by atoms with Crippen LogP contribution in [0.25, 0.3) is 0 Å². The summed E-state index contributed by atoms with van der Waals surface area (Å²) in [6.07, 6.45) is 4.43. The Hall–Kier alpha value is -1.14. The van der Waals surface area contributed by atoms with Crippen LogP contribution < -0.4 is 10.2 Å². The second-order valence-electron chi connectivity index (χ2n) is 4.66. The lowest BCUT2D eigenvalue weighted by molar-refractivity contribution is 0.282. The molecule has 6 nitrogen and oxygen atoms in total. The van der Waals surface area contributed by atoms with Crippen LogP contribution in [0.4, 0.5) is 11.9 Å². The van der Waals surface area contributed by atoms with Crippen LogP contribution >= 0.6 is 11.6 Å². The highest BCUT2D eigenvalue weighted by molar-refractivity contribution is 6.28. The van der Waals surface area contributed by atoms with Gasteiger partial charge in [0.25, 0.3) is 0 Å². The number of aliphatic hydroxyl groups is 1. The maximum atomic E-state index is 9.19. The van der Waals surface area contributed by atoms with Gasteiger partial charge in [0.15, 0.2) is 0 Å². The van der Waals surface area contributed by atoms with Crippen molar-refractivity contribution in [1.29, 1.82) is 0 Å². The molecule has 1 heterocycles. The molecule has 0 unspecified atom stereocenters. The highest BCUT2D eigenvalue weighted by Crippen LogP contribution is 2.28. The number of rotatable bonds is 7. The zero-order chi connectivity index (χ0) is 13.7. The second kappa shape index (κ2) is 6.86. The molecule has 106 valence electrons. The molecule has 1 aliphatic carbocycles. The van der Waals surface area contributed by atoms with Gasteiger partial charge in [0, 0.05) is 19.1 Å². The molecule has 0 radical (unpaired) electrons. The Labute approximate surface area is 118 Å². The van der Waals surface area contributed by atoms with Gasteiger partial charge in [-0.3, -0.25) is 0 Å². The normalized spacial score (nSPS) is 15.1. The summed E-state index contributed by atoms with van der Waals surface area (Å²) in [5, 5.41) is 12.5. The molecule has 2 rings (SSSR count). The molecule has 1 saturated carbocycles. The van der Waals surface area contributed by atoms with Gasteiger partial charge in [-0.15, -0.1) is 0 Å². The van der Waals surface area contributed by atoms with E-state index in [0.717, 1.165) is 25.8 Å². The minimum atomic E-state index is 0.0809. The largest absolute Gasteiger partial charge is 0.395 e. The number of nitrogens with one attached hydrogen (secondary N) is 1. The minimum absolute atomic E-state index is 0.0809. The van der Waals surface area contributed by atoms with Crippen molar-refractivity contribution < 1.29 is 5.11 Å². The van der Waals surface area contributed by atoms with Gasteiger partial charge in [0.2, 0.25) is 17.2 Å². The van der Waals surface area contributed by atoms with E-state index < -0.39 is 0 Å². The SMILES string of the molecule is CCCNc1nc(Cl)nc(N(CCO)C2CCC2)n1. The zero-order valence-electron chi connectivity index (χ0n) is 11.1. The molecule has 1 aliphatic rings. The van der Waals surface area contributed by atoms with Crippen molar-refractivity contribution in [3.05, 3.63) is 5.28 Å². The van der Waals surface area contributed by atoms with Crippen molar-refractivity contribution in [1.82, 2.24) is 15.0 Å². The summed E-state index contributed by atoms with van der Waals surface area (Å²) in [7, 11) is 0. The zero-order valence-corrected chi connectivity index (χ0v) is 11.9. The maximum absolute atomic E-state index is 9.19. The fourth-order valence-corrected chi connectivity index (χ4v) is 2.19. The van der Waals surface area contributed by atoms with Crippen LogP contribution in [0, 0.1) is 0 Å². The number of hydrogen-bond acceptors (Lipinski definition) is 6. The summed E-state index contributed by atoms with van der Waals surface area (Å²) in [4.78, 5) is 14.7. The Kier molecular flexibility index (Phi) is 5.15. The van der Waals surface area contributed by atoms with Crippen LogP contribution in [-0.2, 0) is 0 Å². The van der Waals surface area contributed by atoms with Gasteiger partial charge in [-0.2, -0.15) is 15.0 Å². The fourth-order valence-electron chi connectivity index (χ4n) is 2.04. The minimum Gasteiger partial charge on any atom is -0.395 e. The van der Waals surface area contributed by atoms with E-state index in [9.17, 15) is 5.11 Å². The van der Waals surface area contributed by atoms with E-state index in [-0.39, 0.29) is 11.9 Å². The predicted molar refractivity (Wildman–Crippen MR) is 75.7 cm³/mol. The number of aromatic nitrogens is 3. The van der Waals surface area contributed by atoms with Crippen LogP contribution in [0.1, 0.15) is 32.6 Å². The summed E-state index contributed by atoms with van der Waals surface area (Å²) in [5.41, 5.74) is 0. The van der Waals surface area contributed by atoms with E-state index in [1.807, 2.05) is 4.90 Å². The van der Waals surface area contributed by atoms with E-state index in [0.29, 0.717) is 24.5 Å². The molecule has 0 atom stereocenters. The molecular weight excluding hydrogens is 266 g/mol. The van der Waals surface area contributed by atoms with Crippen molar-refractivity contribution in [2.75, 3.05) is 29.9 Å². The van der Waals surface area contributed by atoms with Crippen LogP contribution in [0.5, 0.6) is 0 Å². The van der Waals surface area contributed by atoms with Crippen LogP contribution in [0.3, 0.4) is 0 Å². The highest BCUT2D eigenvalue weighted by Gasteiger charge is 2.27. The average molecular weight is 286 g/mol. The first-order valence-electron chi connectivity index (χ1n) is 6.77. The molecule has 0 aromatic carbocycles. The Balaban J connectivity index is 2.17. The molecule has 7 heteroatoms. The summed E-state index contributed by atoms with van der Waals surface area (Å²) in [5.74, 6) is 1.05. The van der Waals surface area contributed by atoms with Crippen molar-refractivity contribution in [2.45, 2.75) is 38.6 Å². The Morgan fingerprint density at radius 1 is 1.37 bits per heavy atom. The van der Waals surface area contributed by atoms with Crippen molar-refractivity contribution in [3.8, 4) is 0 Å². The lowest BCUT2D eigenvalue weighted by atomic mass is 9.92. The molecule has 0 aliphatic heterocycles. The highest BCUT2D eigenvalue weighted by atomic mass is 35.5. The summed E-state index contributed by atoms with van der Waals surface area (Å²) in [6, 6.07) is 0.407. The Morgan fingerprint density at radius 2 is 2.16 bits per heavy atom. The van der Waals surface area contributed by atoms with E-state index >= 15 is 0 Å². The third kappa shape index (κ3) is 3.67. The number of anilines is 2. The molecule has 1 fully saturated rings. The summed E-state index contributed by atoms with van der Waals surface area (Å²) in [6.45, 7) is 3.47. The monoisotopic (exact) mass is 285 g/mol. The topological polar surface area (TPSA) is 74.2 Å². The summed E-state index contributed by atoms with van der Waals surface area (Å²) < 4.78 is 0. The molecule has 0 bridgehead atoms. The molecule has 0 amide bonds. The molecule has 19 heavy (non-hydrogen) atoms. The standard InChI is InChI=1S/C12H20ClN5O/c1-2-6-14-11-15-10(13)16-12(17-11)18(7-8-19)9-4-3-5-9/h9,19H,2-8H2,1H3,(H,14,15,16,17). The summed E-state index contributed by atoms with van der Waals surface area (Å²) >= 11 is 5.95. The molecule has 0 saturated heterocycles. The Morgan fingerprint density at radius 3 is 2.74 bits per heavy atom. The van der Waals surface area contributed by atoms with Gasteiger partial charge in [-0.1, -0.05) is 6.92 Å². The first-order chi connectivity index (χ1) is 9.24. The van der Waals surface area contributed by atoms with E-state index in [4.69, 9.17) is 11.6 Å². The lowest BCUT2D eigenvalue weighted by Gasteiger charge is -2.37. The number of nitrogens with zero attached hydrogens (tertiary/aromatic N) is 4. The third-order valence-electron chi connectivity index (χ3n) is 3.24. The Bertz CT molecular complexity index is 413. The first kappa shape index (κ1) is 14.3. The number of aliphatic hydroxyl groups excluding tert-OH is 1. The van der Waals surface area contributed by atoms with Gasteiger partial charge in [-0.25, -0.2) is 0 Å². The first-order valence-corrected chi connectivity index (χ1v) is 7.15. The molecule has 0 spiro atoms. The quantitative estimate of drug-likeness (QED) is 0.794. The smallest absolute Gasteiger partial charge is 0.231 e. The predicted octanol–water partition coefficient (Wildman–Crippen LogP) is 1.70. The van der Waals surface area contributed by atoms with Crippen molar-refractivity contribution in [2.24, 2.45) is 0 Å². The van der Waals surface area contributed by atoms with Gasteiger partial charge in [0.05, 0.1) is 6.61 Å². The number of hydrogen-bond donors (Lipinski definition) is 2. The third-order valence-corrected chi connectivity index (χ3v) is 3.41. The fraction of sp³-hybridized carbons (Fsp3) is 0.750. The molecule has 1 aromatic rings. The van der Waals surface area contributed by atoms with E-state index in [1.54, 1.807) is 0 Å². The van der Waals surface area contributed by atoms with Crippen molar-refractivity contribution >= 4 is 23.5 Å². The lowest BCUT2D eigenvalue weighted by Crippen LogP contribution is -2.43. The molecular formula is C12H20ClN5O. The van der Waals surface area contributed by atoms with E-state index in [1.165, 1.54) is 6.42 Å². The average Bonchev–Trinajstić information content (AvgIpc) is 2.33. The number of halogens is 1. The van der Waals surface area contributed by atoms with Gasteiger partial charge < -0.3 is 15.3 Å². The van der Waals surface area contributed by atoms with E-state index in [2.05, 4.69) is 27.2 Å². The molecule has 2 N–H and O–H groups in total. The van der Waals surface area contributed by atoms with Crippen LogP contribution in [0.15, 0.2) is 0 Å². The molecule has 1 aromatic heterocycles. The van der Waals surface area contributed by atoms with Gasteiger partial charge in [0.1, 0.15) is 0 Å². The van der Waals surface area contributed by atoms with Crippen molar-refractivity contribution in [3.63, 3.8) is 0 Å². The second-order valence-corrected chi connectivity index (χ2v) is 4.99. The van der Waals surface area contributed by atoms with Gasteiger partial charge >= 0.3 is 0 Å². The maximum Gasteiger partial charge on any atom is 0.231 e. The van der Waals surface area contributed by atoms with Crippen LogP contribution in [-0.4, -0.2) is 45.8 Å². The van der Waals surface area contributed by atoms with Crippen LogP contribution in [0.2, 0.25) is 5.28 Å². The van der Waals surface area contributed by atoms with Gasteiger partial charge in [-0.05, 0) is 37.3 Å².